The third kappa shape index (κ3) is 5.35. The van der Waals surface area contributed by atoms with Crippen LogP contribution in [0.3, 0.4) is 0 Å². The number of nitrogens with one attached hydrogen (secondary N) is 1. The second-order valence-electron chi connectivity index (χ2n) is 4.75. The molecule has 120 valence electrons. The van der Waals surface area contributed by atoms with Crippen LogP contribution in [0.2, 0.25) is 0 Å². The molecule has 7 heteroatoms. The number of likely N-dealkylation sites (N-methyl/N-ethyl adjacent to an activating group) is 1. The minimum absolute atomic E-state index is 0.221. The predicted octanol–water partition coefficient (Wildman–Crippen LogP) is 1.33. The number of rotatable bonds is 9. The minimum atomic E-state index is -3.91. The Balaban J connectivity index is 2.73. The van der Waals surface area contributed by atoms with Gasteiger partial charge in [-0.3, -0.25) is 0 Å². The van der Waals surface area contributed by atoms with Crippen molar-refractivity contribution in [3.63, 3.8) is 0 Å². The molecular formula is C14H23FN2O3S. The van der Waals surface area contributed by atoms with E-state index in [1.807, 2.05) is 6.92 Å². The number of benzene rings is 1. The number of hydrogen-bond acceptors (Lipinski definition) is 4. The van der Waals surface area contributed by atoms with Crippen molar-refractivity contribution in [1.29, 1.82) is 0 Å². The summed E-state index contributed by atoms with van der Waals surface area (Å²) < 4.78 is 40.3. The summed E-state index contributed by atoms with van der Waals surface area (Å²) in [7, 11) is -3.91. The van der Waals surface area contributed by atoms with Crippen LogP contribution in [0.4, 0.5) is 4.39 Å². The van der Waals surface area contributed by atoms with Gasteiger partial charge < -0.3 is 10.0 Å². The van der Waals surface area contributed by atoms with E-state index < -0.39 is 20.7 Å². The maximum atomic E-state index is 13.7. The standard InChI is InChI=1S/C14H23FN2O3S/c1-3-8-17(4-2)9-7-16-21(19,20)14-10-12(11-18)5-6-13(14)15/h5-6,10,16,18H,3-4,7-9,11H2,1-2H3. The monoisotopic (exact) mass is 318 g/mol. The van der Waals surface area contributed by atoms with E-state index >= 15 is 0 Å². The molecule has 0 aromatic heterocycles. The van der Waals surface area contributed by atoms with Crippen LogP contribution in [0.5, 0.6) is 0 Å². The van der Waals surface area contributed by atoms with Crippen molar-refractivity contribution in [2.45, 2.75) is 31.8 Å². The summed E-state index contributed by atoms with van der Waals surface area (Å²) in [6.45, 7) is 6.26. The molecule has 0 aliphatic heterocycles. The van der Waals surface area contributed by atoms with E-state index in [-0.39, 0.29) is 13.2 Å². The van der Waals surface area contributed by atoms with Crippen molar-refractivity contribution in [3.05, 3.63) is 29.6 Å². The molecule has 0 fully saturated rings. The zero-order chi connectivity index (χ0) is 15.9. The van der Waals surface area contributed by atoms with E-state index in [1.165, 1.54) is 6.07 Å². The molecule has 0 atom stereocenters. The van der Waals surface area contributed by atoms with Gasteiger partial charge in [0.05, 0.1) is 6.61 Å². The fourth-order valence-corrected chi connectivity index (χ4v) is 3.16. The van der Waals surface area contributed by atoms with E-state index in [0.29, 0.717) is 12.1 Å². The lowest BCUT2D eigenvalue weighted by molar-refractivity contribution is 0.281. The molecule has 0 saturated heterocycles. The molecule has 0 amide bonds. The lowest BCUT2D eigenvalue weighted by atomic mass is 10.2. The van der Waals surface area contributed by atoms with Crippen LogP contribution in [-0.4, -0.2) is 44.6 Å². The molecule has 21 heavy (non-hydrogen) atoms. The summed E-state index contributed by atoms with van der Waals surface area (Å²) in [6.07, 6.45) is 0.994. The van der Waals surface area contributed by atoms with Crippen molar-refractivity contribution in [3.8, 4) is 0 Å². The van der Waals surface area contributed by atoms with Gasteiger partial charge in [0.25, 0.3) is 0 Å². The van der Waals surface area contributed by atoms with E-state index in [9.17, 15) is 12.8 Å². The molecule has 0 heterocycles. The van der Waals surface area contributed by atoms with Crippen LogP contribution in [0.1, 0.15) is 25.8 Å². The van der Waals surface area contributed by atoms with Crippen LogP contribution in [0.25, 0.3) is 0 Å². The number of aliphatic hydroxyl groups excluding tert-OH is 1. The maximum absolute atomic E-state index is 13.7. The normalized spacial score (nSPS) is 12.0. The highest BCUT2D eigenvalue weighted by atomic mass is 32.2. The van der Waals surface area contributed by atoms with Crippen LogP contribution >= 0.6 is 0 Å². The first-order valence-electron chi connectivity index (χ1n) is 7.05. The molecule has 0 unspecified atom stereocenters. The van der Waals surface area contributed by atoms with Gasteiger partial charge in [-0.1, -0.05) is 19.9 Å². The highest BCUT2D eigenvalue weighted by molar-refractivity contribution is 7.89. The molecular weight excluding hydrogens is 295 g/mol. The number of aliphatic hydroxyl groups is 1. The number of nitrogens with zero attached hydrogens (tertiary/aromatic N) is 1. The second-order valence-corrected chi connectivity index (χ2v) is 6.49. The zero-order valence-corrected chi connectivity index (χ0v) is 13.3. The Morgan fingerprint density at radius 1 is 1.29 bits per heavy atom. The van der Waals surface area contributed by atoms with Gasteiger partial charge in [-0.2, -0.15) is 0 Å². The Bertz CT molecular complexity index is 549. The zero-order valence-electron chi connectivity index (χ0n) is 12.5. The topological polar surface area (TPSA) is 69.6 Å². The lowest BCUT2D eigenvalue weighted by Gasteiger charge is -2.19. The van der Waals surface area contributed by atoms with E-state index in [1.54, 1.807) is 0 Å². The quantitative estimate of drug-likeness (QED) is 0.721. The molecule has 0 aliphatic carbocycles. The van der Waals surface area contributed by atoms with Gasteiger partial charge in [-0.25, -0.2) is 17.5 Å². The first-order valence-corrected chi connectivity index (χ1v) is 8.54. The van der Waals surface area contributed by atoms with Gasteiger partial charge in [0, 0.05) is 13.1 Å². The number of halogens is 1. The lowest BCUT2D eigenvalue weighted by Crippen LogP contribution is -2.35. The Hall–Kier alpha value is -1.02. The first-order chi connectivity index (χ1) is 9.94. The van der Waals surface area contributed by atoms with Gasteiger partial charge >= 0.3 is 0 Å². The van der Waals surface area contributed by atoms with Gasteiger partial charge in [-0.05, 0) is 37.2 Å². The van der Waals surface area contributed by atoms with Crippen molar-refractivity contribution >= 4 is 10.0 Å². The van der Waals surface area contributed by atoms with E-state index in [0.717, 1.165) is 31.6 Å². The average molecular weight is 318 g/mol. The summed E-state index contributed by atoms with van der Waals surface area (Å²) in [6, 6.07) is 3.56. The SMILES string of the molecule is CCCN(CC)CCNS(=O)(=O)c1cc(CO)ccc1F. The molecule has 0 spiro atoms. The molecule has 1 aromatic rings. The molecule has 5 nitrogen and oxygen atoms in total. The van der Waals surface area contributed by atoms with Crippen molar-refractivity contribution in [2.24, 2.45) is 0 Å². The van der Waals surface area contributed by atoms with Crippen LogP contribution in [0, 0.1) is 5.82 Å². The smallest absolute Gasteiger partial charge is 0.243 e. The minimum Gasteiger partial charge on any atom is -0.392 e. The highest BCUT2D eigenvalue weighted by Gasteiger charge is 2.19. The highest BCUT2D eigenvalue weighted by Crippen LogP contribution is 2.16. The van der Waals surface area contributed by atoms with E-state index in [2.05, 4.69) is 16.5 Å². The predicted molar refractivity (Wildman–Crippen MR) is 79.9 cm³/mol. The Morgan fingerprint density at radius 3 is 2.57 bits per heavy atom. The largest absolute Gasteiger partial charge is 0.392 e. The second kappa shape index (κ2) is 8.43. The number of hydrogen-bond donors (Lipinski definition) is 2. The van der Waals surface area contributed by atoms with E-state index in [4.69, 9.17) is 5.11 Å². The Morgan fingerprint density at radius 2 is 2.00 bits per heavy atom. The van der Waals surface area contributed by atoms with Crippen LogP contribution in [-0.2, 0) is 16.6 Å². The summed E-state index contributed by atoms with van der Waals surface area (Å²) in [4.78, 5) is 1.69. The third-order valence-electron chi connectivity index (χ3n) is 3.17. The van der Waals surface area contributed by atoms with Crippen molar-refractivity contribution in [2.75, 3.05) is 26.2 Å². The van der Waals surface area contributed by atoms with Crippen molar-refractivity contribution in [1.82, 2.24) is 9.62 Å². The molecule has 1 rings (SSSR count). The maximum Gasteiger partial charge on any atom is 0.243 e. The Labute approximate surface area is 125 Å². The van der Waals surface area contributed by atoms with Gasteiger partial charge in [-0.15, -0.1) is 0 Å². The van der Waals surface area contributed by atoms with Crippen molar-refractivity contribution < 1.29 is 17.9 Å². The molecule has 0 radical (unpaired) electrons. The molecule has 0 saturated carbocycles. The molecule has 0 aliphatic rings. The fourth-order valence-electron chi connectivity index (χ4n) is 2.01. The summed E-state index contributed by atoms with van der Waals surface area (Å²) in [5.41, 5.74) is 0.359. The summed E-state index contributed by atoms with van der Waals surface area (Å²) in [5, 5.41) is 9.01. The fraction of sp³-hybridized carbons (Fsp3) is 0.571. The third-order valence-corrected chi connectivity index (χ3v) is 4.65. The van der Waals surface area contributed by atoms with Gasteiger partial charge in [0.15, 0.2) is 0 Å². The summed E-state index contributed by atoms with van der Waals surface area (Å²) >= 11 is 0. The van der Waals surface area contributed by atoms with Gasteiger partial charge in [0.1, 0.15) is 10.7 Å². The van der Waals surface area contributed by atoms with Gasteiger partial charge in [0.2, 0.25) is 10.0 Å². The first kappa shape index (κ1) is 18.0. The summed E-state index contributed by atoms with van der Waals surface area (Å²) in [5.74, 6) is -0.819. The number of sulfonamides is 1. The molecule has 0 bridgehead atoms. The van der Waals surface area contributed by atoms with Crippen LogP contribution < -0.4 is 4.72 Å². The molecule has 2 N–H and O–H groups in total. The Kier molecular flexibility index (Phi) is 7.24. The molecule has 1 aromatic carbocycles. The van der Waals surface area contributed by atoms with Crippen LogP contribution in [0.15, 0.2) is 23.1 Å². The average Bonchev–Trinajstić information content (AvgIpc) is 2.46.